The molecule has 1 aromatic heterocycles. The van der Waals surface area contributed by atoms with Crippen LogP contribution in [0.25, 0.3) is 0 Å². The monoisotopic (exact) mass is 369 g/mol. The number of nitrogens with one attached hydrogen (secondary N) is 2. The van der Waals surface area contributed by atoms with Gasteiger partial charge < -0.3 is 19.7 Å². The van der Waals surface area contributed by atoms with E-state index < -0.39 is 0 Å². The zero-order valence-electron chi connectivity index (χ0n) is 15.5. The van der Waals surface area contributed by atoms with Crippen LogP contribution >= 0.6 is 11.8 Å². The molecule has 0 bridgehead atoms. The quantitative estimate of drug-likeness (QED) is 0.631. The van der Waals surface area contributed by atoms with Gasteiger partial charge in [0.1, 0.15) is 6.33 Å². The molecule has 9 heteroatoms. The molecule has 25 heavy (non-hydrogen) atoms. The Kier molecular flexibility index (Phi) is 6.83. The van der Waals surface area contributed by atoms with E-state index in [1.165, 1.54) is 16.7 Å². The van der Waals surface area contributed by atoms with Crippen LogP contribution in [0.5, 0.6) is 0 Å². The molecule has 1 aliphatic rings. The Hall–Kier alpha value is -1.61. The van der Waals surface area contributed by atoms with Crippen LogP contribution in [0.1, 0.15) is 27.7 Å². The maximum atomic E-state index is 12.4. The van der Waals surface area contributed by atoms with Crippen LogP contribution < -0.4 is 10.2 Å². The van der Waals surface area contributed by atoms with Gasteiger partial charge in [-0.2, -0.15) is 0 Å². The predicted octanol–water partition coefficient (Wildman–Crippen LogP) is -0.968. The van der Waals surface area contributed by atoms with Gasteiger partial charge in [-0.25, -0.2) is 0 Å². The van der Waals surface area contributed by atoms with Crippen molar-refractivity contribution in [3.05, 3.63) is 6.33 Å². The van der Waals surface area contributed by atoms with Crippen molar-refractivity contribution in [3.8, 4) is 0 Å². The van der Waals surface area contributed by atoms with E-state index in [1.807, 2.05) is 37.2 Å². The predicted molar refractivity (Wildman–Crippen MR) is 96.5 cm³/mol. The second-order valence-electron chi connectivity index (χ2n) is 7.29. The smallest absolute Gasteiger partial charge is 0.275 e. The third kappa shape index (κ3) is 6.32. The summed E-state index contributed by atoms with van der Waals surface area (Å²) in [6, 6.07) is 0. The number of thioether (sulfide) groups is 1. The van der Waals surface area contributed by atoms with Gasteiger partial charge in [0.15, 0.2) is 11.7 Å². The fourth-order valence-electron chi connectivity index (χ4n) is 2.73. The van der Waals surface area contributed by atoms with E-state index in [2.05, 4.69) is 15.5 Å². The Labute approximate surface area is 153 Å². The Balaban J connectivity index is 1.72. The highest BCUT2D eigenvalue weighted by Crippen LogP contribution is 2.15. The molecule has 1 saturated heterocycles. The van der Waals surface area contributed by atoms with Crippen LogP contribution in [0.15, 0.2) is 11.5 Å². The average Bonchev–Trinajstić information content (AvgIpc) is 2.99. The molecule has 8 nitrogen and oxygen atoms in total. The minimum atomic E-state index is -0.204. The van der Waals surface area contributed by atoms with Crippen LogP contribution in [-0.2, 0) is 16.1 Å². The topological polar surface area (TPSA) is 84.6 Å². The highest BCUT2D eigenvalue weighted by molar-refractivity contribution is 7.99. The van der Waals surface area contributed by atoms with Crippen molar-refractivity contribution in [1.82, 2.24) is 25.0 Å². The normalized spacial score (nSPS) is 16.1. The van der Waals surface area contributed by atoms with Crippen molar-refractivity contribution in [3.63, 3.8) is 0 Å². The minimum absolute atomic E-state index is 0.0664. The number of nitrogens with zero attached hydrogens (tertiary/aromatic N) is 4. The van der Waals surface area contributed by atoms with E-state index in [4.69, 9.17) is 0 Å². The summed E-state index contributed by atoms with van der Waals surface area (Å²) in [5.74, 6) is 0.559. The van der Waals surface area contributed by atoms with Crippen LogP contribution in [0, 0.1) is 0 Å². The summed E-state index contributed by atoms with van der Waals surface area (Å²) in [7, 11) is 0. The van der Waals surface area contributed by atoms with Crippen LogP contribution in [0.3, 0.4) is 0 Å². The summed E-state index contributed by atoms with van der Waals surface area (Å²) in [6.07, 6.45) is 1.68. The fraction of sp³-hybridized carbons (Fsp3) is 0.750. The molecule has 1 aromatic rings. The summed E-state index contributed by atoms with van der Waals surface area (Å²) in [5, 5.41) is 11.7. The number of quaternary nitrogens is 1. The summed E-state index contributed by atoms with van der Waals surface area (Å²) in [5.41, 5.74) is -0.204. The maximum absolute atomic E-state index is 12.4. The van der Waals surface area contributed by atoms with Gasteiger partial charge in [-0.3, -0.25) is 9.59 Å². The van der Waals surface area contributed by atoms with Crippen molar-refractivity contribution in [2.75, 3.05) is 38.5 Å². The van der Waals surface area contributed by atoms with Crippen molar-refractivity contribution in [2.45, 2.75) is 44.9 Å². The van der Waals surface area contributed by atoms with Gasteiger partial charge in [0.2, 0.25) is 5.91 Å². The molecule has 1 fully saturated rings. The van der Waals surface area contributed by atoms with E-state index in [-0.39, 0.29) is 17.4 Å². The van der Waals surface area contributed by atoms with Gasteiger partial charge in [-0.15, -0.1) is 10.2 Å². The molecule has 0 saturated carbocycles. The van der Waals surface area contributed by atoms with Gasteiger partial charge in [0.25, 0.3) is 5.91 Å². The average molecular weight is 370 g/mol. The standard InChI is InChI=1S/C16H28N6O2S/c1-5-21-12-17-19-15(21)25-11-14(24)22-8-6-20(7-9-22)10-13(23)18-16(2,3)4/h12H,5-11H2,1-4H3,(H,18,23)/p+1. The third-order valence-electron chi connectivity index (χ3n) is 3.99. The van der Waals surface area contributed by atoms with E-state index >= 15 is 0 Å². The number of piperazine rings is 1. The Morgan fingerprint density at radius 2 is 2.00 bits per heavy atom. The molecule has 0 aromatic carbocycles. The Morgan fingerprint density at radius 3 is 2.60 bits per heavy atom. The maximum Gasteiger partial charge on any atom is 0.275 e. The molecule has 2 N–H and O–H groups in total. The van der Waals surface area contributed by atoms with E-state index in [1.54, 1.807) is 6.33 Å². The van der Waals surface area contributed by atoms with Crippen molar-refractivity contribution in [2.24, 2.45) is 0 Å². The summed E-state index contributed by atoms with van der Waals surface area (Å²) < 4.78 is 1.92. The molecule has 2 amide bonds. The van der Waals surface area contributed by atoms with Crippen molar-refractivity contribution >= 4 is 23.6 Å². The van der Waals surface area contributed by atoms with Gasteiger partial charge in [-0.1, -0.05) is 11.8 Å². The molecule has 0 unspecified atom stereocenters. The zero-order valence-corrected chi connectivity index (χ0v) is 16.4. The minimum Gasteiger partial charge on any atom is -0.347 e. The molecule has 0 spiro atoms. The van der Waals surface area contributed by atoms with Crippen molar-refractivity contribution < 1.29 is 14.5 Å². The van der Waals surface area contributed by atoms with E-state index in [0.717, 1.165) is 24.8 Å². The molecule has 0 radical (unpaired) electrons. The molecular weight excluding hydrogens is 340 g/mol. The molecule has 2 heterocycles. The van der Waals surface area contributed by atoms with E-state index in [0.29, 0.717) is 25.4 Å². The number of amides is 2. The Bertz CT molecular complexity index is 590. The number of hydrogen-bond donors (Lipinski definition) is 2. The lowest BCUT2D eigenvalue weighted by molar-refractivity contribution is -0.896. The highest BCUT2D eigenvalue weighted by atomic mass is 32.2. The molecule has 0 atom stereocenters. The van der Waals surface area contributed by atoms with E-state index in [9.17, 15) is 9.59 Å². The third-order valence-corrected chi connectivity index (χ3v) is 4.96. The second-order valence-corrected chi connectivity index (χ2v) is 8.24. The Morgan fingerprint density at radius 1 is 1.32 bits per heavy atom. The second kappa shape index (κ2) is 8.66. The van der Waals surface area contributed by atoms with Crippen LogP contribution in [0.2, 0.25) is 0 Å². The molecule has 1 aliphatic heterocycles. The van der Waals surface area contributed by atoms with Crippen LogP contribution in [0.4, 0.5) is 0 Å². The first-order valence-electron chi connectivity index (χ1n) is 8.71. The lowest BCUT2D eigenvalue weighted by atomic mass is 10.1. The lowest BCUT2D eigenvalue weighted by Gasteiger charge is -2.32. The molecule has 2 rings (SSSR count). The number of carbonyl (C=O) groups excluding carboxylic acids is 2. The first-order valence-corrected chi connectivity index (χ1v) is 9.70. The summed E-state index contributed by atoms with van der Waals surface area (Å²) >= 11 is 1.43. The van der Waals surface area contributed by atoms with Gasteiger partial charge in [-0.05, 0) is 27.7 Å². The van der Waals surface area contributed by atoms with Gasteiger partial charge in [0.05, 0.1) is 31.9 Å². The fourth-order valence-corrected chi connectivity index (χ4v) is 3.61. The summed E-state index contributed by atoms with van der Waals surface area (Å²) in [6.45, 7) is 12.2. The molecule has 0 aliphatic carbocycles. The molecular formula is C16H29N6O2S+. The first-order chi connectivity index (χ1) is 11.8. The highest BCUT2D eigenvalue weighted by Gasteiger charge is 2.26. The summed E-state index contributed by atoms with van der Waals surface area (Å²) in [4.78, 5) is 27.5. The van der Waals surface area contributed by atoms with Gasteiger partial charge in [0, 0.05) is 12.1 Å². The zero-order chi connectivity index (χ0) is 18.4. The number of carbonyl (C=O) groups is 2. The number of rotatable bonds is 6. The number of hydrogen-bond acceptors (Lipinski definition) is 5. The number of aromatic nitrogens is 3. The number of aryl methyl sites for hydroxylation is 1. The van der Waals surface area contributed by atoms with Gasteiger partial charge >= 0.3 is 0 Å². The SMILES string of the molecule is CCn1cnnc1SCC(=O)N1CC[NH+](CC(=O)NC(C)(C)C)CC1. The van der Waals surface area contributed by atoms with Crippen LogP contribution in [-0.4, -0.2) is 75.5 Å². The largest absolute Gasteiger partial charge is 0.347 e. The van der Waals surface area contributed by atoms with Crippen molar-refractivity contribution in [1.29, 1.82) is 0 Å². The lowest BCUT2D eigenvalue weighted by Crippen LogP contribution is -3.16. The molecule has 140 valence electrons. The first kappa shape index (κ1) is 19.7.